The molecule has 1 aromatic rings. The van der Waals surface area contributed by atoms with Crippen LogP contribution in [0.3, 0.4) is 0 Å². The lowest BCUT2D eigenvalue weighted by Crippen LogP contribution is -2.41. The Morgan fingerprint density at radius 3 is 2.57 bits per heavy atom. The SMILES string of the molecule is COC(=O)[C@H](CCCCN)NC(=O)OCc1ccccc1. The van der Waals surface area contributed by atoms with E-state index >= 15 is 0 Å². The number of rotatable bonds is 8. The highest BCUT2D eigenvalue weighted by Crippen LogP contribution is 2.04. The third-order valence-electron chi connectivity index (χ3n) is 2.94. The number of carbonyl (C=O) groups excluding carboxylic acids is 2. The maximum absolute atomic E-state index is 11.7. The first kappa shape index (κ1) is 17.0. The average Bonchev–Trinajstić information content (AvgIpc) is 2.52. The number of carbonyl (C=O) groups is 2. The summed E-state index contributed by atoms with van der Waals surface area (Å²) in [6, 6.07) is 8.61. The molecule has 0 aliphatic carbocycles. The van der Waals surface area contributed by atoms with Crippen LogP contribution in [0, 0.1) is 0 Å². The minimum atomic E-state index is -0.704. The van der Waals surface area contributed by atoms with Crippen LogP contribution >= 0.6 is 0 Å². The lowest BCUT2D eigenvalue weighted by Gasteiger charge is -2.16. The molecule has 1 aromatic carbocycles. The van der Waals surface area contributed by atoms with E-state index < -0.39 is 18.1 Å². The minimum absolute atomic E-state index is 0.156. The van der Waals surface area contributed by atoms with Crippen molar-refractivity contribution >= 4 is 12.1 Å². The van der Waals surface area contributed by atoms with Crippen molar-refractivity contribution in [2.24, 2.45) is 5.73 Å². The van der Waals surface area contributed by atoms with Crippen molar-refractivity contribution in [2.45, 2.75) is 31.9 Å². The molecule has 21 heavy (non-hydrogen) atoms. The van der Waals surface area contributed by atoms with Crippen molar-refractivity contribution in [1.29, 1.82) is 0 Å². The molecule has 0 spiro atoms. The zero-order valence-corrected chi connectivity index (χ0v) is 12.2. The van der Waals surface area contributed by atoms with Crippen LogP contribution in [0.2, 0.25) is 0 Å². The van der Waals surface area contributed by atoms with Gasteiger partial charge >= 0.3 is 12.1 Å². The Hall–Kier alpha value is -2.08. The molecule has 6 nitrogen and oxygen atoms in total. The fraction of sp³-hybridized carbons (Fsp3) is 0.467. The van der Waals surface area contributed by atoms with E-state index in [4.69, 9.17) is 10.5 Å². The number of esters is 1. The summed E-state index contributed by atoms with van der Waals surface area (Å²) in [7, 11) is 1.29. The predicted molar refractivity (Wildman–Crippen MR) is 78.5 cm³/mol. The number of nitrogens with two attached hydrogens (primary N) is 1. The van der Waals surface area contributed by atoms with Crippen LogP contribution in [0.5, 0.6) is 0 Å². The van der Waals surface area contributed by atoms with Gasteiger partial charge in [-0.3, -0.25) is 0 Å². The van der Waals surface area contributed by atoms with Gasteiger partial charge in [-0.05, 0) is 31.4 Å². The first-order chi connectivity index (χ1) is 10.2. The zero-order valence-electron chi connectivity index (χ0n) is 12.2. The van der Waals surface area contributed by atoms with Crippen LogP contribution < -0.4 is 11.1 Å². The Balaban J connectivity index is 2.41. The van der Waals surface area contributed by atoms with E-state index in [1.54, 1.807) is 0 Å². The molecule has 0 saturated heterocycles. The normalized spacial score (nSPS) is 11.5. The lowest BCUT2D eigenvalue weighted by molar-refractivity contribution is -0.143. The van der Waals surface area contributed by atoms with Crippen molar-refractivity contribution in [2.75, 3.05) is 13.7 Å². The molecule has 0 bridgehead atoms. The highest BCUT2D eigenvalue weighted by Gasteiger charge is 2.21. The minimum Gasteiger partial charge on any atom is -0.467 e. The van der Waals surface area contributed by atoms with Crippen LogP contribution in [-0.2, 0) is 20.9 Å². The number of ether oxygens (including phenoxy) is 2. The van der Waals surface area contributed by atoms with Crippen molar-refractivity contribution in [3.8, 4) is 0 Å². The number of benzene rings is 1. The highest BCUT2D eigenvalue weighted by molar-refractivity contribution is 5.81. The molecule has 0 aliphatic rings. The molecule has 1 amide bonds. The first-order valence-electron chi connectivity index (χ1n) is 6.92. The summed E-state index contributed by atoms with van der Waals surface area (Å²) < 4.78 is 9.74. The molecule has 0 radical (unpaired) electrons. The number of amides is 1. The molecule has 1 rings (SSSR count). The van der Waals surface area contributed by atoms with Crippen molar-refractivity contribution in [1.82, 2.24) is 5.32 Å². The molecular weight excluding hydrogens is 272 g/mol. The summed E-state index contributed by atoms with van der Waals surface area (Å²) in [5.41, 5.74) is 6.29. The van der Waals surface area contributed by atoms with Crippen molar-refractivity contribution in [3.05, 3.63) is 35.9 Å². The molecule has 0 heterocycles. The first-order valence-corrected chi connectivity index (χ1v) is 6.92. The van der Waals surface area contributed by atoms with E-state index in [0.717, 1.165) is 18.4 Å². The highest BCUT2D eigenvalue weighted by atomic mass is 16.6. The Morgan fingerprint density at radius 1 is 1.24 bits per heavy atom. The van der Waals surface area contributed by atoms with Crippen LogP contribution in [-0.4, -0.2) is 31.8 Å². The van der Waals surface area contributed by atoms with Gasteiger partial charge in [0, 0.05) is 0 Å². The fourth-order valence-electron chi connectivity index (χ4n) is 1.79. The second-order valence-electron chi connectivity index (χ2n) is 4.57. The third kappa shape index (κ3) is 6.76. The number of alkyl carbamates (subject to hydrolysis) is 1. The smallest absolute Gasteiger partial charge is 0.408 e. The molecule has 6 heteroatoms. The van der Waals surface area contributed by atoms with Crippen LogP contribution in [0.4, 0.5) is 4.79 Å². The average molecular weight is 294 g/mol. The van der Waals surface area contributed by atoms with Crippen LogP contribution in [0.15, 0.2) is 30.3 Å². The Labute approximate surface area is 124 Å². The number of unbranched alkanes of at least 4 members (excludes halogenated alkanes) is 1. The maximum Gasteiger partial charge on any atom is 0.408 e. The fourth-order valence-corrected chi connectivity index (χ4v) is 1.79. The molecule has 0 fully saturated rings. The molecule has 0 unspecified atom stereocenters. The largest absolute Gasteiger partial charge is 0.467 e. The third-order valence-corrected chi connectivity index (χ3v) is 2.94. The maximum atomic E-state index is 11.7. The van der Waals surface area contributed by atoms with Gasteiger partial charge in [-0.2, -0.15) is 0 Å². The van der Waals surface area contributed by atoms with Gasteiger partial charge < -0.3 is 20.5 Å². The van der Waals surface area contributed by atoms with E-state index in [1.165, 1.54) is 7.11 Å². The van der Waals surface area contributed by atoms with Gasteiger partial charge in [0.25, 0.3) is 0 Å². The molecule has 3 N–H and O–H groups in total. The van der Waals surface area contributed by atoms with Crippen molar-refractivity contribution in [3.63, 3.8) is 0 Å². The van der Waals surface area contributed by atoms with E-state index in [1.807, 2.05) is 30.3 Å². The lowest BCUT2D eigenvalue weighted by atomic mass is 10.1. The molecular formula is C15H22N2O4. The van der Waals surface area contributed by atoms with Gasteiger partial charge in [-0.15, -0.1) is 0 Å². The number of methoxy groups -OCH3 is 1. The quantitative estimate of drug-likeness (QED) is 0.561. The summed E-state index contributed by atoms with van der Waals surface area (Å²) in [6.45, 7) is 0.704. The monoisotopic (exact) mass is 294 g/mol. The van der Waals surface area contributed by atoms with Gasteiger partial charge in [0.2, 0.25) is 0 Å². The van der Waals surface area contributed by atoms with E-state index in [9.17, 15) is 9.59 Å². The topological polar surface area (TPSA) is 90.6 Å². The van der Waals surface area contributed by atoms with Crippen LogP contribution in [0.25, 0.3) is 0 Å². The van der Waals surface area contributed by atoms with Gasteiger partial charge in [0.05, 0.1) is 7.11 Å². The van der Waals surface area contributed by atoms with Gasteiger partial charge in [-0.25, -0.2) is 9.59 Å². The summed E-state index contributed by atoms with van der Waals surface area (Å²) >= 11 is 0. The van der Waals surface area contributed by atoms with Crippen molar-refractivity contribution < 1.29 is 19.1 Å². The summed E-state index contributed by atoms with van der Waals surface area (Å²) in [6.07, 6.45) is 1.36. The second-order valence-corrected chi connectivity index (χ2v) is 4.57. The molecule has 0 saturated carbocycles. The standard InChI is InChI=1S/C15H22N2O4/c1-20-14(18)13(9-5-6-10-16)17-15(19)21-11-12-7-3-2-4-8-12/h2-4,7-8,13H,5-6,9-11,16H2,1H3,(H,17,19)/t13-/m0/s1. The van der Waals surface area contributed by atoms with Gasteiger partial charge in [0.1, 0.15) is 12.6 Å². The second kappa shape index (κ2) is 9.77. The number of hydrogen-bond acceptors (Lipinski definition) is 5. The molecule has 0 aliphatic heterocycles. The van der Waals surface area contributed by atoms with E-state index in [0.29, 0.717) is 13.0 Å². The molecule has 0 aromatic heterocycles. The van der Waals surface area contributed by atoms with Gasteiger partial charge in [-0.1, -0.05) is 30.3 Å². The van der Waals surface area contributed by atoms with E-state index in [-0.39, 0.29) is 6.61 Å². The van der Waals surface area contributed by atoms with Crippen LogP contribution in [0.1, 0.15) is 24.8 Å². The van der Waals surface area contributed by atoms with Gasteiger partial charge in [0.15, 0.2) is 0 Å². The Morgan fingerprint density at radius 2 is 1.95 bits per heavy atom. The molecule has 1 atom stereocenters. The van der Waals surface area contributed by atoms with E-state index in [2.05, 4.69) is 10.1 Å². The Bertz CT molecular complexity index is 437. The number of nitrogens with one attached hydrogen (secondary N) is 1. The molecule has 116 valence electrons. The zero-order chi connectivity index (χ0) is 15.5. The summed E-state index contributed by atoms with van der Waals surface area (Å²) in [4.78, 5) is 23.3. The Kier molecular flexibility index (Phi) is 7.89. The number of hydrogen-bond donors (Lipinski definition) is 2. The predicted octanol–water partition coefficient (Wildman–Crippen LogP) is 1.58. The summed E-state index contributed by atoms with van der Waals surface area (Å²) in [5, 5.41) is 2.52. The summed E-state index contributed by atoms with van der Waals surface area (Å²) in [5.74, 6) is -0.483.